The molecule has 28 heavy (non-hydrogen) atoms. The Hall–Kier alpha value is -1.92. The third kappa shape index (κ3) is 5.79. The van der Waals surface area contributed by atoms with Gasteiger partial charge in [-0.3, -0.25) is 19.4 Å². The number of nitrogens with zero attached hydrogens (tertiary/aromatic N) is 3. The fraction of sp³-hybridized carbons (Fsp3) is 0.636. The lowest BCUT2D eigenvalue weighted by Crippen LogP contribution is -2.55. The van der Waals surface area contributed by atoms with Crippen LogP contribution in [0.5, 0.6) is 0 Å². The second kappa shape index (κ2) is 10.0. The number of anilines is 1. The van der Waals surface area contributed by atoms with Crippen LogP contribution in [0.25, 0.3) is 0 Å². The fourth-order valence-electron chi connectivity index (χ4n) is 4.06. The largest absolute Gasteiger partial charge is 0.341 e. The number of hydrogen-bond donors (Lipinski definition) is 1. The van der Waals surface area contributed by atoms with Crippen molar-refractivity contribution in [1.29, 1.82) is 0 Å². The zero-order chi connectivity index (χ0) is 19.9. The smallest absolute Gasteiger partial charge is 0.239 e. The second-order valence-corrected chi connectivity index (χ2v) is 8.14. The highest BCUT2D eigenvalue weighted by atomic mass is 16.2. The van der Waals surface area contributed by atoms with Crippen LogP contribution in [0.3, 0.4) is 0 Å². The molecule has 0 radical (unpaired) electrons. The zero-order valence-corrected chi connectivity index (χ0v) is 17.3. The predicted octanol–water partition coefficient (Wildman–Crippen LogP) is 2.34. The van der Waals surface area contributed by atoms with Gasteiger partial charge < -0.3 is 10.2 Å². The van der Waals surface area contributed by atoms with Crippen molar-refractivity contribution in [1.82, 2.24) is 14.7 Å². The SMILES string of the molecule is Cc1ccc(NC(=O)CN2CCN([C@H](C)C(=O)N3CCCCCC3)CC2)cc1. The first-order valence-electron chi connectivity index (χ1n) is 10.6. The summed E-state index contributed by atoms with van der Waals surface area (Å²) in [5.41, 5.74) is 2.02. The van der Waals surface area contributed by atoms with Crippen LogP contribution in [0, 0.1) is 6.92 Å². The van der Waals surface area contributed by atoms with Crippen molar-refractivity contribution in [2.45, 2.75) is 45.6 Å². The van der Waals surface area contributed by atoms with Gasteiger partial charge in [0.2, 0.25) is 11.8 Å². The Balaban J connectivity index is 1.42. The molecule has 1 N–H and O–H groups in total. The number of hydrogen-bond acceptors (Lipinski definition) is 4. The van der Waals surface area contributed by atoms with E-state index in [0.29, 0.717) is 6.54 Å². The normalized spacial score (nSPS) is 20.4. The maximum Gasteiger partial charge on any atom is 0.239 e. The van der Waals surface area contributed by atoms with Gasteiger partial charge in [-0.05, 0) is 38.8 Å². The summed E-state index contributed by atoms with van der Waals surface area (Å²) in [6.45, 7) is 9.58. The number of piperazine rings is 1. The molecule has 0 saturated carbocycles. The van der Waals surface area contributed by atoms with Crippen molar-refractivity contribution in [3.05, 3.63) is 29.8 Å². The van der Waals surface area contributed by atoms with Gasteiger partial charge in [0, 0.05) is 45.0 Å². The number of benzene rings is 1. The molecule has 6 heteroatoms. The molecule has 0 unspecified atom stereocenters. The molecule has 2 saturated heterocycles. The van der Waals surface area contributed by atoms with E-state index in [-0.39, 0.29) is 17.9 Å². The number of nitrogens with one attached hydrogen (secondary N) is 1. The van der Waals surface area contributed by atoms with Gasteiger partial charge >= 0.3 is 0 Å². The monoisotopic (exact) mass is 386 g/mol. The Morgan fingerprint density at radius 1 is 0.929 bits per heavy atom. The molecule has 0 aromatic heterocycles. The van der Waals surface area contributed by atoms with Crippen molar-refractivity contribution in [3.8, 4) is 0 Å². The fourth-order valence-corrected chi connectivity index (χ4v) is 4.06. The summed E-state index contributed by atoms with van der Waals surface area (Å²) in [4.78, 5) is 31.6. The van der Waals surface area contributed by atoms with Crippen LogP contribution in [0.2, 0.25) is 0 Å². The van der Waals surface area contributed by atoms with E-state index in [1.165, 1.54) is 18.4 Å². The molecule has 0 spiro atoms. The summed E-state index contributed by atoms with van der Waals surface area (Å²) in [5.74, 6) is 0.290. The molecule has 0 aliphatic carbocycles. The highest BCUT2D eigenvalue weighted by molar-refractivity contribution is 5.92. The molecule has 1 aromatic rings. The lowest BCUT2D eigenvalue weighted by Gasteiger charge is -2.38. The van der Waals surface area contributed by atoms with E-state index in [4.69, 9.17) is 0 Å². The average Bonchev–Trinajstić information content (AvgIpc) is 2.99. The molecule has 2 amide bonds. The molecular formula is C22H34N4O2. The summed E-state index contributed by atoms with van der Waals surface area (Å²) < 4.78 is 0. The van der Waals surface area contributed by atoms with Crippen LogP contribution in [0.1, 0.15) is 38.2 Å². The lowest BCUT2D eigenvalue weighted by molar-refractivity contribution is -0.137. The summed E-state index contributed by atoms with van der Waals surface area (Å²) >= 11 is 0. The van der Waals surface area contributed by atoms with Gasteiger partial charge in [-0.1, -0.05) is 30.5 Å². The minimum Gasteiger partial charge on any atom is -0.341 e. The standard InChI is InChI=1S/C22H34N4O2/c1-18-7-9-20(10-8-18)23-21(27)17-24-13-15-25(16-14-24)19(2)22(28)26-11-5-3-4-6-12-26/h7-10,19H,3-6,11-17H2,1-2H3,(H,23,27)/t19-/m1/s1. The molecule has 6 nitrogen and oxygen atoms in total. The van der Waals surface area contributed by atoms with E-state index in [9.17, 15) is 9.59 Å². The maximum atomic E-state index is 12.8. The van der Waals surface area contributed by atoms with E-state index in [2.05, 4.69) is 20.0 Å². The van der Waals surface area contributed by atoms with Crippen molar-refractivity contribution in [2.75, 3.05) is 51.1 Å². The van der Waals surface area contributed by atoms with Gasteiger partial charge in [-0.15, -0.1) is 0 Å². The van der Waals surface area contributed by atoms with Crippen molar-refractivity contribution in [2.24, 2.45) is 0 Å². The molecule has 2 heterocycles. The maximum absolute atomic E-state index is 12.8. The number of aryl methyl sites for hydroxylation is 1. The highest BCUT2D eigenvalue weighted by Gasteiger charge is 2.29. The minimum absolute atomic E-state index is 0.0194. The Morgan fingerprint density at radius 2 is 1.54 bits per heavy atom. The van der Waals surface area contributed by atoms with Crippen molar-refractivity contribution >= 4 is 17.5 Å². The Morgan fingerprint density at radius 3 is 2.14 bits per heavy atom. The van der Waals surface area contributed by atoms with E-state index in [1.807, 2.05) is 38.1 Å². The van der Waals surface area contributed by atoms with Gasteiger partial charge in [0.05, 0.1) is 12.6 Å². The highest BCUT2D eigenvalue weighted by Crippen LogP contribution is 2.14. The first-order chi connectivity index (χ1) is 13.5. The van der Waals surface area contributed by atoms with Crippen molar-refractivity contribution in [3.63, 3.8) is 0 Å². The van der Waals surface area contributed by atoms with Crippen LogP contribution in [-0.2, 0) is 9.59 Å². The molecule has 154 valence electrons. The van der Waals surface area contributed by atoms with E-state index >= 15 is 0 Å². The summed E-state index contributed by atoms with van der Waals surface area (Å²) in [7, 11) is 0. The molecule has 2 aliphatic rings. The van der Waals surface area contributed by atoms with Crippen LogP contribution in [-0.4, -0.2) is 78.4 Å². The van der Waals surface area contributed by atoms with Crippen LogP contribution in [0.4, 0.5) is 5.69 Å². The predicted molar refractivity (Wildman–Crippen MR) is 112 cm³/mol. The molecule has 0 bridgehead atoms. The van der Waals surface area contributed by atoms with Gasteiger partial charge in [0.25, 0.3) is 0 Å². The van der Waals surface area contributed by atoms with Crippen LogP contribution in [0.15, 0.2) is 24.3 Å². The van der Waals surface area contributed by atoms with Gasteiger partial charge in [0.1, 0.15) is 0 Å². The third-order valence-corrected chi connectivity index (χ3v) is 5.93. The lowest BCUT2D eigenvalue weighted by atomic mass is 10.2. The van der Waals surface area contributed by atoms with Gasteiger partial charge in [-0.2, -0.15) is 0 Å². The Kier molecular flexibility index (Phi) is 7.45. The molecule has 2 fully saturated rings. The number of carbonyl (C=O) groups excluding carboxylic acids is 2. The topological polar surface area (TPSA) is 55.9 Å². The molecular weight excluding hydrogens is 352 g/mol. The Bertz CT molecular complexity index is 645. The van der Waals surface area contributed by atoms with E-state index in [1.54, 1.807) is 0 Å². The second-order valence-electron chi connectivity index (χ2n) is 8.14. The number of carbonyl (C=O) groups is 2. The van der Waals surface area contributed by atoms with E-state index in [0.717, 1.165) is 57.8 Å². The first-order valence-corrected chi connectivity index (χ1v) is 10.6. The first kappa shape index (κ1) is 20.8. The summed E-state index contributed by atoms with van der Waals surface area (Å²) in [5, 5.41) is 2.96. The molecule has 2 aliphatic heterocycles. The summed E-state index contributed by atoms with van der Waals surface area (Å²) in [6, 6.07) is 7.79. The van der Waals surface area contributed by atoms with Gasteiger partial charge in [-0.25, -0.2) is 0 Å². The van der Waals surface area contributed by atoms with Crippen molar-refractivity contribution < 1.29 is 9.59 Å². The quantitative estimate of drug-likeness (QED) is 0.844. The number of likely N-dealkylation sites (tertiary alicyclic amines) is 1. The zero-order valence-electron chi connectivity index (χ0n) is 17.3. The molecule has 3 rings (SSSR count). The Labute approximate surface area is 168 Å². The minimum atomic E-state index is -0.0679. The number of amides is 2. The average molecular weight is 387 g/mol. The molecule has 1 aromatic carbocycles. The van der Waals surface area contributed by atoms with E-state index < -0.39 is 0 Å². The van der Waals surface area contributed by atoms with Crippen LogP contribution >= 0.6 is 0 Å². The van der Waals surface area contributed by atoms with Crippen LogP contribution < -0.4 is 5.32 Å². The summed E-state index contributed by atoms with van der Waals surface area (Å²) in [6.07, 6.45) is 4.73. The third-order valence-electron chi connectivity index (χ3n) is 5.93. The number of rotatable bonds is 5. The molecule has 1 atom stereocenters. The van der Waals surface area contributed by atoms with Gasteiger partial charge in [0.15, 0.2) is 0 Å².